The number of hydrogen-bond donors (Lipinski definition) is 0. The Morgan fingerprint density at radius 1 is 1.16 bits per heavy atom. The van der Waals surface area contributed by atoms with Crippen molar-refractivity contribution in [2.24, 2.45) is 0 Å². The van der Waals surface area contributed by atoms with Gasteiger partial charge in [0.15, 0.2) is 0 Å². The van der Waals surface area contributed by atoms with E-state index >= 15 is 0 Å². The third kappa shape index (κ3) is 3.02. The molecule has 0 aliphatic heterocycles. The molecule has 0 N–H and O–H groups in total. The minimum absolute atomic E-state index is 0.268. The van der Waals surface area contributed by atoms with Crippen molar-refractivity contribution < 1.29 is 4.73 Å². The second kappa shape index (κ2) is 6.89. The molecule has 0 unspecified atom stereocenters. The second-order valence-electron chi connectivity index (χ2n) is 6.36. The van der Waals surface area contributed by atoms with E-state index in [0.717, 1.165) is 34.4 Å². The van der Waals surface area contributed by atoms with Crippen molar-refractivity contribution in [2.45, 2.75) is 40.0 Å². The number of nitrogens with zero attached hydrogens (tertiary/aromatic N) is 2. The number of benzene rings is 2. The number of para-hydroxylation sites is 1. The Kier molecular flexibility index (Phi) is 4.82. The molecule has 0 radical (unpaired) electrons. The van der Waals surface area contributed by atoms with Gasteiger partial charge in [0.25, 0.3) is 5.69 Å². The van der Waals surface area contributed by atoms with Crippen LogP contribution in [0.5, 0.6) is 0 Å². The third-order valence-electron chi connectivity index (χ3n) is 4.52. The van der Waals surface area contributed by atoms with Crippen molar-refractivity contribution in [1.82, 2.24) is 4.57 Å². The minimum Gasteiger partial charge on any atom is -0.618 e. The predicted molar refractivity (Wildman–Crippen MR) is 102 cm³/mol. The highest BCUT2D eigenvalue weighted by molar-refractivity contribution is 6.31. The Morgan fingerprint density at radius 2 is 1.84 bits per heavy atom. The van der Waals surface area contributed by atoms with Crippen LogP contribution >= 0.6 is 11.6 Å². The second-order valence-corrected chi connectivity index (χ2v) is 6.80. The van der Waals surface area contributed by atoms with Gasteiger partial charge >= 0.3 is 5.56 Å². The first-order chi connectivity index (χ1) is 12.0. The van der Waals surface area contributed by atoms with Gasteiger partial charge in [0.1, 0.15) is 5.52 Å². The van der Waals surface area contributed by atoms with Crippen molar-refractivity contribution in [3.8, 4) is 5.69 Å². The van der Waals surface area contributed by atoms with Crippen LogP contribution in [0, 0.1) is 19.1 Å². The molecule has 0 amide bonds. The summed E-state index contributed by atoms with van der Waals surface area (Å²) in [4.78, 5) is 13.2. The van der Waals surface area contributed by atoms with Crippen molar-refractivity contribution in [3.05, 3.63) is 73.8 Å². The summed E-state index contributed by atoms with van der Waals surface area (Å²) in [5.41, 5.74) is 3.78. The number of halogens is 1. The molecule has 0 saturated heterocycles. The normalized spacial score (nSPS) is 11.2. The molecule has 0 fully saturated rings. The molecule has 2 aromatic carbocycles. The summed E-state index contributed by atoms with van der Waals surface area (Å²) in [6, 6.07) is 10.9. The van der Waals surface area contributed by atoms with Gasteiger partial charge in [-0.1, -0.05) is 43.1 Å². The van der Waals surface area contributed by atoms with Gasteiger partial charge in [-0.05, 0) is 43.5 Å². The topological polar surface area (TPSA) is 48.9 Å². The molecule has 0 atom stereocenters. The van der Waals surface area contributed by atoms with E-state index in [0.29, 0.717) is 22.5 Å². The Labute approximate surface area is 151 Å². The van der Waals surface area contributed by atoms with Gasteiger partial charge in [0, 0.05) is 17.5 Å². The van der Waals surface area contributed by atoms with Crippen molar-refractivity contribution in [2.75, 3.05) is 0 Å². The van der Waals surface area contributed by atoms with Crippen LogP contribution in [-0.4, -0.2) is 4.57 Å². The molecule has 4 nitrogen and oxygen atoms in total. The first kappa shape index (κ1) is 17.5. The number of unbranched alkanes of at least 4 members (excludes halogenated alkanes) is 1. The molecule has 3 rings (SSSR count). The number of rotatable bonds is 4. The standard InChI is InChI=1S/C20H21ClN2O2/c1-4-5-9-17-20(24)22(19-13(2)7-6-8-14(19)3)18-12-15(21)10-11-16(18)23(17)25/h6-8,10-12H,4-5,9H2,1-3H3. The van der Waals surface area contributed by atoms with Crippen LogP contribution in [0.2, 0.25) is 5.02 Å². The molecule has 0 aliphatic carbocycles. The lowest BCUT2D eigenvalue weighted by Crippen LogP contribution is -2.43. The molecular formula is C20H21ClN2O2. The van der Waals surface area contributed by atoms with E-state index in [1.807, 2.05) is 39.0 Å². The van der Waals surface area contributed by atoms with Gasteiger partial charge in [0.05, 0.1) is 5.69 Å². The van der Waals surface area contributed by atoms with Crippen LogP contribution in [0.1, 0.15) is 36.6 Å². The zero-order valence-electron chi connectivity index (χ0n) is 14.7. The number of hydrogen-bond acceptors (Lipinski definition) is 2. The highest BCUT2D eigenvalue weighted by Gasteiger charge is 2.23. The molecule has 1 heterocycles. The highest BCUT2D eigenvalue weighted by atomic mass is 35.5. The van der Waals surface area contributed by atoms with Crippen molar-refractivity contribution in [1.29, 1.82) is 0 Å². The van der Waals surface area contributed by atoms with E-state index in [2.05, 4.69) is 0 Å². The molecule has 130 valence electrons. The van der Waals surface area contributed by atoms with Gasteiger partial charge in [-0.3, -0.25) is 9.36 Å². The zero-order valence-corrected chi connectivity index (χ0v) is 15.4. The van der Waals surface area contributed by atoms with Crippen LogP contribution in [0.25, 0.3) is 16.7 Å². The fraction of sp³-hybridized carbons (Fsp3) is 0.300. The lowest BCUT2D eigenvalue weighted by Gasteiger charge is -2.17. The van der Waals surface area contributed by atoms with E-state index in [1.165, 1.54) is 0 Å². The number of aromatic nitrogens is 2. The first-order valence-electron chi connectivity index (χ1n) is 8.49. The van der Waals surface area contributed by atoms with Gasteiger partial charge < -0.3 is 5.21 Å². The molecular weight excluding hydrogens is 336 g/mol. The molecule has 3 aromatic rings. The summed E-state index contributed by atoms with van der Waals surface area (Å²) in [5, 5.41) is 13.3. The monoisotopic (exact) mass is 356 g/mol. The van der Waals surface area contributed by atoms with Crippen LogP contribution in [-0.2, 0) is 6.42 Å². The predicted octanol–water partition coefficient (Wildman–Crippen LogP) is 4.24. The Balaban J connectivity index is 2.48. The SMILES string of the molecule is CCCCc1c(=O)n(-c2c(C)cccc2C)c2cc(Cl)ccc2[n+]1[O-]. The number of fused-ring (bicyclic) bond motifs is 1. The Hall–Kier alpha value is -2.33. The molecule has 0 bridgehead atoms. The van der Waals surface area contributed by atoms with Gasteiger partial charge in [-0.15, -0.1) is 0 Å². The smallest absolute Gasteiger partial charge is 0.324 e. The molecule has 25 heavy (non-hydrogen) atoms. The fourth-order valence-corrected chi connectivity index (χ4v) is 3.42. The average Bonchev–Trinajstić information content (AvgIpc) is 2.57. The van der Waals surface area contributed by atoms with Gasteiger partial charge in [0.2, 0.25) is 5.52 Å². The first-order valence-corrected chi connectivity index (χ1v) is 8.86. The lowest BCUT2D eigenvalue weighted by atomic mass is 10.1. The molecule has 0 saturated carbocycles. The van der Waals surface area contributed by atoms with Crippen molar-refractivity contribution >= 4 is 22.6 Å². The fourth-order valence-electron chi connectivity index (χ4n) is 3.25. The van der Waals surface area contributed by atoms with E-state index in [4.69, 9.17) is 11.6 Å². The summed E-state index contributed by atoms with van der Waals surface area (Å²) in [6.07, 6.45) is 2.17. The Morgan fingerprint density at radius 3 is 2.48 bits per heavy atom. The summed E-state index contributed by atoms with van der Waals surface area (Å²) in [5.74, 6) is 0. The summed E-state index contributed by atoms with van der Waals surface area (Å²) < 4.78 is 2.42. The summed E-state index contributed by atoms with van der Waals surface area (Å²) in [6.45, 7) is 5.98. The van der Waals surface area contributed by atoms with Crippen LogP contribution < -0.4 is 10.3 Å². The van der Waals surface area contributed by atoms with Gasteiger partial charge in [-0.25, -0.2) is 0 Å². The van der Waals surface area contributed by atoms with Crippen molar-refractivity contribution in [3.63, 3.8) is 0 Å². The van der Waals surface area contributed by atoms with Crippen LogP contribution in [0.3, 0.4) is 0 Å². The maximum Gasteiger partial charge on any atom is 0.324 e. The number of aryl methyl sites for hydroxylation is 2. The molecule has 5 heteroatoms. The minimum atomic E-state index is -0.268. The zero-order chi connectivity index (χ0) is 18.1. The molecule has 1 aromatic heterocycles. The molecule has 0 spiro atoms. The Bertz CT molecular complexity index is 988. The quantitative estimate of drug-likeness (QED) is 0.518. The maximum atomic E-state index is 13.2. The van der Waals surface area contributed by atoms with E-state index < -0.39 is 0 Å². The third-order valence-corrected chi connectivity index (χ3v) is 4.76. The van der Waals surface area contributed by atoms with Crippen LogP contribution in [0.15, 0.2) is 41.2 Å². The molecule has 0 aliphatic rings. The van der Waals surface area contributed by atoms with E-state index in [1.54, 1.807) is 22.8 Å². The average molecular weight is 357 g/mol. The maximum absolute atomic E-state index is 13.2. The lowest BCUT2D eigenvalue weighted by molar-refractivity contribution is -0.587. The van der Waals surface area contributed by atoms with E-state index in [9.17, 15) is 10.0 Å². The highest BCUT2D eigenvalue weighted by Crippen LogP contribution is 2.23. The summed E-state index contributed by atoms with van der Waals surface area (Å²) in [7, 11) is 0. The van der Waals surface area contributed by atoms with Gasteiger partial charge in [-0.2, -0.15) is 4.73 Å². The largest absolute Gasteiger partial charge is 0.618 e. The van der Waals surface area contributed by atoms with E-state index in [-0.39, 0.29) is 11.3 Å². The van der Waals surface area contributed by atoms with Crippen LogP contribution in [0.4, 0.5) is 0 Å². The summed E-state index contributed by atoms with van der Waals surface area (Å²) >= 11 is 6.16.